The van der Waals surface area contributed by atoms with Gasteiger partial charge in [-0.05, 0) is 56.6 Å². The molecule has 9 nitrogen and oxygen atoms in total. The fourth-order valence-corrected chi connectivity index (χ4v) is 5.02. The smallest absolute Gasteiger partial charge is 0.323 e. The van der Waals surface area contributed by atoms with Crippen LogP contribution in [0.15, 0.2) is 48.5 Å². The van der Waals surface area contributed by atoms with Gasteiger partial charge in [0.05, 0.1) is 18.8 Å². The van der Waals surface area contributed by atoms with E-state index in [4.69, 9.17) is 20.6 Å². The van der Waals surface area contributed by atoms with Crippen LogP contribution in [0.1, 0.15) is 30.9 Å². The van der Waals surface area contributed by atoms with Crippen molar-refractivity contribution in [2.75, 3.05) is 36.3 Å². The molecule has 0 saturated carbocycles. The van der Waals surface area contributed by atoms with Gasteiger partial charge in [0.2, 0.25) is 10.0 Å². The van der Waals surface area contributed by atoms with Crippen LogP contribution < -0.4 is 20.1 Å². The summed E-state index contributed by atoms with van der Waals surface area (Å²) in [5.74, 6) is -2.52. The highest BCUT2D eigenvalue weighted by atomic mass is 32.2. The molecule has 0 amide bonds. The first kappa shape index (κ1) is 27.2. The second kappa shape index (κ2) is 12.5. The minimum Gasteiger partial charge on any atom is -0.487 e. The zero-order valence-corrected chi connectivity index (χ0v) is 20.9. The average Bonchev–Trinajstić information content (AvgIpc) is 2.83. The van der Waals surface area contributed by atoms with E-state index in [1.807, 2.05) is 0 Å². The van der Waals surface area contributed by atoms with Crippen LogP contribution in [-0.2, 0) is 19.6 Å². The number of carbonyl (C=O) groups is 1. The highest BCUT2D eigenvalue weighted by Gasteiger charge is 2.27. The molecule has 1 saturated heterocycles. The number of benzene rings is 2. The van der Waals surface area contributed by atoms with Crippen LogP contribution in [0.2, 0.25) is 0 Å². The number of amidine groups is 1. The highest BCUT2D eigenvalue weighted by molar-refractivity contribution is 7.93. The summed E-state index contributed by atoms with van der Waals surface area (Å²) in [6.45, 7) is 3.02. The summed E-state index contributed by atoms with van der Waals surface area (Å²) >= 11 is 0. The fourth-order valence-electron chi connectivity index (χ4n) is 3.74. The first-order valence-corrected chi connectivity index (χ1v) is 13.2. The van der Waals surface area contributed by atoms with Crippen molar-refractivity contribution in [1.29, 1.82) is 5.41 Å². The minimum absolute atomic E-state index is 0.0398. The third-order valence-electron chi connectivity index (χ3n) is 5.50. The predicted octanol–water partition coefficient (Wildman–Crippen LogP) is 2.65. The molecule has 0 spiro atoms. The Morgan fingerprint density at radius 3 is 2.67 bits per heavy atom. The summed E-state index contributed by atoms with van der Waals surface area (Å²) in [6, 6.07) is 10.8. The number of halogens is 1. The molecule has 1 aliphatic rings. The highest BCUT2D eigenvalue weighted by Crippen LogP contribution is 2.28. The van der Waals surface area contributed by atoms with E-state index in [2.05, 4.69) is 5.32 Å². The number of nitrogen functional groups attached to an aromatic ring is 1. The quantitative estimate of drug-likeness (QED) is 0.236. The molecule has 1 fully saturated rings. The van der Waals surface area contributed by atoms with E-state index in [0.29, 0.717) is 11.1 Å². The van der Waals surface area contributed by atoms with Crippen molar-refractivity contribution in [3.63, 3.8) is 0 Å². The van der Waals surface area contributed by atoms with Crippen LogP contribution in [-0.4, -0.2) is 58.3 Å². The van der Waals surface area contributed by atoms with E-state index in [1.165, 1.54) is 12.1 Å². The molecule has 0 radical (unpaired) electrons. The summed E-state index contributed by atoms with van der Waals surface area (Å²) in [5, 5.41) is 10.8. The van der Waals surface area contributed by atoms with Gasteiger partial charge in [-0.25, -0.2) is 12.8 Å². The maximum absolute atomic E-state index is 14.9. The number of piperidine rings is 1. The van der Waals surface area contributed by atoms with Crippen molar-refractivity contribution in [3.05, 3.63) is 65.5 Å². The molecule has 36 heavy (non-hydrogen) atoms. The summed E-state index contributed by atoms with van der Waals surface area (Å²) in [6.07, 6.45) is 4.60. The summed E-state index contributed by atoms with van der Waals surface area (Å²) < 4.78 is 52.7. The van der Waals surface area contributed by atoms with Gasteiger partial charge < -0.3 is 20.5 Å². The topological polar surface area (TPSA) is 135 Å². The zero-order chi connectivity index (χ0) is 26.1. The van der Waals surface area contributed by atoms with Crippen LogP contribution in [0.25, 0.3) is 6.08 Å². The number of esters is 1. The van der Waals surface area contributed by atoms with Crippen molar-refractivity contribution in [2.45, 2.75) is 25.9 Å². The number of carbonyl (C=O) groups excluding carboxylic acids is 1. The Labute approximate surface area is 210 Å². The molecule has 0 aromatic heterocycles. The number of anilines is 1. The summed E-state index contributed by atoms with van der Waals surface area (Å²) in [5.41, 5.74) is 6.80. The molecule has 2 aromatic rings. The van der Waals surface area contributed by atoms with Gasteiger partial charge in [-0.2, -0.15) is 0 Å². The molecule has 4 N–H and O–H groups in total. The van der Waals surface area contributed by atoms with Crippen LogP contribution in [0.3, 0.4) is 0 Å². The molecule has 0 unspecified atom stereocenters. The average molecular weight is 519 g/mol. The SMILES string of the molecule is CCOC(=O)CS(=O)(=O)N(CC=Cc1cccc(C(=N)N)c1)c1ccc(OC2CCNCC2)c(F)c1. The molecule has 194 valence electrons. The van der Waals surface area contributed by atoms with Gasteiger partial charge in [0, 0.05) is 11.6 Å². The second-order valence-electron chi connectivity index (χ2n) is 8.22. The molecule has 0 atom stereocenters. The van der Waals surface area contributed by atoms with Crippen molar-refractivity contribution in [1.82, 2.24) is 5.32 Å². The lowest BCUT2D eigenvalue weighted by molar-refractivity contribution is -0.139. The Kier molecular flexibility index (Phi) is 9.43. The lowest BCUT2D eigenvalue weighted by Crippen LogP contribution is -2.36. The Balaban J connectivity index is 1.85. The van der Waals surface area contributed by atoms with E-state index in [0.717, 1.165) is 36.3 Å². The third kappa shape index (κ3) is 7.53. The molecule has 1 aliphatic heterocycles. The summed E-state index contributed by atoms with van der Waals surface area (Å²) in [4.78, 5) is 12.0. The van der Waals surface area contributed by atoms with Crippen molar-refractivity contribution in [2.24, 2.45) is 5.73 Å². The molecule has 1 heterocycles. The van der Waals surface area contributed by atoms with Gasteiger partial charge in [-0.3, -0.25) is 14.5 Å². The van der Waals surface area contributed by atoms with Gasteiger partial charge in [0.1, 0.15) is 11.9 Å². The first-order chi connectivity index (χ1) is 17.2. The van der Waals surface area contributed by atoms with E-state index in [-0.39, 0.29) is 36.5 Å². The van der Waals surface area contributed by atoms with Gasteiger partial charge in [-0.1, -0.05) is 30.4 Å². The number of nitrogens with two attached hydrogens (primary N) is 1. The number of sulfonamides is 1. The maximum Gasteiger partial charge on any atom is 0.323 e. The Morgan fingerprint density at radius 1 is 1.25 bits per heavy atom. The fraction of sp³-hybridized carbons (Fsp3) is 0.360. The van der Waals surface area contributed by atoms with Crippen molar-refractivity contribution >= 4 is 33.6 Å². The Bertz CT molecular complexity index is 1210. The maximum atomic E-state index is 14.9. The van der Waals surface area contributed by atoms with E-state index < -0.39 is 27.6 Å². The van der Waals surface area contributed by atoms with Gasteiger partial charge in [0.25, 0.3) is 0 Å². The van der Waals surface area contributed by atoms with Crippen LogP contribution >= 0.6 is 0 Å². The molecule has 0 bridgehead atoms. The molecule has 0 aliphatic carbocycles. The largest absolute Gasteiger partial charge is 0.487 e. The van der Waals surface area contributed by atoms with Crippen molar-refractivity contribution < 1.29 is 27.1 Å². The first-order valence-electron chi connectivity index (χ1n) is 11.6. The van der Waals surface area contributed by atoms with Crippen LogP contribution in [0.5, 0.6) is 5.75 Å². The predicted molar refractivity (Wildman–Crippen MR) is 137 cm³/mol. The monoisotopic (exact) mass is 518 g/mol. The lowest BCUT2D eigenvalue weighted by atomic mass is 10.1. The molecule has 3 rings (SSSR count). The molecule has 11 heteroatoms. The number of rotatable bonds is 11. The van der Waals surface area contributed by atoms with Gasteiger partial charge >= 0.3 is 5.97 Å². The van der Waals surface area contributed by atoms with Gasteiger partial charge in [-0.15, -0.1) is 0 Å². The Hall–Kier alpha value is -3.44. The normalized spacial score (nSPS) is 14.5. The number of nitrogens with one attached hydrogen (secondary N) is 2. The van der Waals surface area contributed by atoms with Crippen LogP contribution in [0.4, 0.5) is 10.1 Å². The standard InChI is InChI=1S/C25H31FN4O5S/c1-2-34-24(31)17-36(32,33)30(14-4-6-18-5-3-7-19(15-18)25(27)28)20-8-9-23(22(26)16-20)35-21-10-12-29-13-11-21/h3-9,15-16,21,29H,2,10-14,17H2,1H3,(H3,27,28). The van der Waals surface area contributed by atoms with Crippen LogP contribution in [0, 0.1) is 11.2 Å². The Morgan fingerprint density at radius 2 is 2.00 bits per heavy atom. The second-order valence-corrected chi connectivity index (χ2v) is 10.1. The number of hydrogen-bond donors (Lipinski definition) is 3. The van der Waals surface area contributed by atoms with E-state index in [9.17, 15) is 17.6 Å². The minimum atomic E-state index is -4.19. The lowest BCUT2D eigenvalue weighted by Gasteiger charge is -2.25. The van der Waals surface area contributed by atoms with Crippen molar-refractivity contribution in [3.8, 4) is 5.75 Å². The molecule has 2 aromatic carbocycles. The number of ether oxygens (including phenoxy) is 2. The zero-order valence-electron chi connectivity index (χ0n) is 20.1. The molecular formula is C25H31FN4O5S. The molecular weight excluding hydrogens is 487 g/mol. The third-order valence-corrected chi connectivity index (χ3v) is 7.14. The number of nitrogens with zero attached hydrogens (tertiary/aromatic N) is 1. The number of hydrogen-bond acceptors (Lipinski definition) is 7. The van der Waals surface area contributed by atoms with E-state index >= 15 is 0 Å². The summed E-state index contributed by atoms with van der Waals surface area (Å²) in [7, 11) is -4.19. The van der Waals surface area contributed by atoms with Gasteiger partial charge in [0.15, 0.2) is 17.3 Å². The van der Waals surface area contributed by atoms with E-state index in [1.54, 1.807) is 43.3 Å².